The van der Waals surface area contributed by atoms with E-state index in [-0.39, 0.29) is 11.9 Å². The van der Waals surface area contributed by atoms with Crippen LogP contribution in [0.4, 0.5) is 0 Å². The van der Waals surface area contributed by atoms with E-state index in [1.165, 1.54) is 5.56 Å². The molecule has 3 rings (SSSR count). The van der Waals surface area contributed by atoms with E-state index >= 15 is 0 Å². The van der Waals surface area contributed by atoms with E-state index in [1.54, 1.807) is 6.07 Å². The molecule has 5 nitrogen and oxygen atoms in total. The first-order valence-corrected chi connectivity index (χ1v) is 7.31. The van der Waals surface area contributed by atoms with Gasteiger partial charge in [-0.3, -0.25) is 9.89 Å². The third-order valence-corrected chi connectivity index (χ3v) is 3.93. The van der Waals surface area contributed by atoms with Gasteiger partial charge in [0.1, 0.15) is 5.69 Å². The molecule has 0 saturated heterocycles. The molecule has 1 aliphatic rings. The number of rotatable bonds is 5. The van der Waals surface area contributed by atoms with Crippen LogP contribution in [0.5, 0.6) is 0 Å². The Morgan fingerprint density at radius 2 is 2.14 bits per heavy atom. The van der Waals surface area contributed by atoms with Crippen molar-refractivity contribution in [1.29, 1.82) is 0 Å². The van der Waals surface area contributed by atoms with Crippen molar-refractivity contribution in [2.45, 2.75) is 25.8 Å². The topological polar surface area (TPSA) is 83.8 Å². The Balaban J connectivity index is 1.71. The van der Waals surface area contributed by atoms with Gasteiger partial charge in [-0.25, -0.2) is 0 Å². The van der Waals surface area contributed by atoms with E-state index in [2.05, 4.69) is 15.5 Å². The van der Waals surface area contributed by atoms with Gasteiger partial charge in [-0.1, -0.05) is 29.8 Å². The molecule has 1 unspecified atom stereocenters. The lowest BCUT2D eigenvalue weighted by Crippen LogP contribution is -2.41. The number of nitrogens with zero attached hydrogens (tertiary/aromatic N) is 1. The first-order valence-electron chi connectivity index (χ1n) is 7.31. The van der Waals surface area contributed by atoms with Crippen molar-refractivity contribution in [3.63, 3.8) is 0 Å². The van der Waals surface area contributed by atoms with Crippen molar-refractivity contribution >= 4 is 5.91 Å². The zero-order chi connectivity index (χ0) is 14.8. The highest BCUT2D eigenvalue weighted by Gasteiger charge is 2.31. The number of hydrogen-bond donors (Lipinski definition) is 3. The van der Waals surface area contributed by atoms with E-state index in [9.17, 15) is 4.79 Å². The number of carbonyl (C=O) groups excluding carboxylic acids is 1. The molecule has 1 saturated carbocycles. The quantitative estimate of drug-likeness (QED) is 0.783. The van der Waals surface area contributed by atoms with Crippen molar-refractivity contribution in [2.75, 3.05) is 6.54 Å². The van der Waals surface area contributed by atoms with Gasteiger partial charge in [0, 0.05) is 18.2 Å². The highest BCUT2D eigenvalue weighted by molar-refractivity contribution is 5.93. The fourth-order valence-corrected chi connectivity index (χ4v) is 2.42. The zero-order valence-electron chi connectivity index (χ0n) is 12.1. The molecular weight excluding hydrogens is 264 g/mol. The van der Waals surface area contributed by atoms with Gasteiger partial charge < -0.3 is 11.1 Å². The third kappa shape index (κ3) is 3.13. The summed E-state index contributed by atoms with van der Waals surface area (Å²) in [4.78, 5) is 12.2. The van der Waals surface area contributed by atoms with Crippen molar-refractivity contribution < 1.29 is 4.79 Å². The Labute approximate surface area is 123 Å². The molecule has 0 aliphatic heterocycles. The molecule has 1 aromatic carbocycles. The van der Waals surface area contributed by atoms with Crippen molar-refractivity contribution in [1.82, 2.24) is 15.5 Å². The van der Waals surface area contributed by atoms with Crippen LogP contribution in [-0.2, 0) is 0 Å². The largest absolute Gasteiger partial charge is 0.346 e. The Bertz CT molecular complexity index is 628. The van der Waals surface area contributed by atoms with Crippen LogP contribution in [0.25, 0.3) is 11.3 Å². The number of aromatic amines is 1. The van der Waals surface area contributed by atoms with Crippen molar-refractivity contribution in [2.24, 2.45) is 11.7 Å². The van der Waals surface area contributed by atoms with E-state index in [0.717, 1.165) is 24.1 Å². The lowest BCUT2D eigenvalue weighted by Gasteiger charge is -2.14. The molecule has 1 atom stereocenters. The van der Waals surface area contributed by atoms with Gasteiger partial charge in [0.05, 0.1) is 5.69 Å². The number of H-pyrrole nitrogens is 1. The van der Waals surface area contributed by atoms with Gasteiger partial charge in [-0.2, -0.15) is 5.10 Å². The zero-order valence-corrected chi connectivity index (χ0v) is 12.1. The summed E-state index contributed by atoms with van der Waals surface area (Å²) in [6, 6.07) is 9.91. The number of carbonyl (C=O) groups is 1. The smallest absolute Gasteiger partial charge is 0.269 e. The molecule has 4 N–H and O–H groups in total. The molecular formula is C16H20N4O. The van der Waals surface area contributed by atoms with Crippen LogP contribution in [0, 0.1) is 12.8 Å². The molecule has 1 aromatic heterocycles. The maximum Gasteiger partial charge on any atom is 0.269 e. The van der Waals surface area contributed by atoms with Crippen LogP contribution in [0.1, 0.15) is 28.9 Å². The summed E-state index contributed by atoms with van der Waals surface area (Å²) >= 11 is 0. The fraction of sp³-hybridized carbons (Fsp3) is 0.375. The minimum absolute atomic E-state index is 0.0728. The van der Waals surface area contributed by atoms with E-state index in [1.807, 2.05) is 31.2 Å². The molecule has 1 amide bonds. The number of nitrogens with one attached hydrogen (secondary N) is 2. The molecule has 0 spiro atoms. The second-order valence-corrected chi connectivity index (χ2v) is 5.69. The molecule has 0 radical (unpaired) electrons. The first-order chi connectivity index (χ1) is 10.2. The summed E-state index contributed by atoms with van der Waals surface area (Å²) in [5.74, 6) is 0.404. The first kappa shape index (κ1) is 13.8. The fourth-order valence-electron chi connectivity index (χ4n) is 2.42. The second kappa shape index (κ2) is 5.69. The van der Waals surface area contributed by atoms with Crippen LogP contribution >= 0.6 is 0 Å². The van der Waals surface area contributed by atoms with Crippen LogP contribution in [0.2, 0.25) is 0 Å². The lowest BCUT2D eigenvalue weighted by molar-refractivity contribution is 0.0928. The van der Waals surface area contributed by atoms with E-state index in [4.69, 9.17) is 5.73 Å². The van der Waals surface area contributed by atoms with Gasteiger partial charge in [0.15, 0.2) is 0 Å². The minimum atomic E-state index is -0.136. The molecule has 2 aromatic rings. The van der Waals surface area contributed by atoms with Gasteiger partial charge in [-0.05, 0) is 31.7 Å². The highest BCUT2D eigenvalue weighted by Crippen LogP contribution is 2.32. The summed E-state index contributed by atoms with van der Waals surface area (Å²) in [6.45, 7) is 2.52. The van der Waals surface area contributed by atoms with Crippen LogP contribution in [-0.4, -0.2) is 28.7 Å². The number of hydrogen-bond acceptors (Lipinski definition) is 3. The molecule has 21 heavy (non-hydrogen) atoms. The Morgan fingerprint density at radius 1 is 1.43 bits per heavy atom. The van der Waals surface area contributed by atoms with Crippen LogP contribution in [0.3, 0.4) is 0 Å². The Morgan fingerprint density at radius 3 is 2.76 bits per heavy atom. The maximum atomic E-state index is 12.2. The summed E-state index contributed by atoms with van der Waals surface area (Å²) in [6.07, 6.45) is 2.31. The molecule has 1 heterocycles. The maximum absolute atomic E-state index is 12.2. The van der Waals surface area contributed by atoms with Crippen LogP contribution < -0.4 is 11.1 Å². The Kier molecular flexibility index (Phi) is 3.75. The second-order valence-electron chi connectivity index (χ2n) is 5.69. The van der Waals surface area contributed by atoms with Crippen molar-refractivity contribution in [3.8, 4) is 11.3 Å². The number of aryl methyl sites for hydroxylation is 1. The normalized spacial score (nSPS) is 15.7. The highest BCUT2D eigenvalue weighted by atomic mass is 16.2. The van der Waals surface area contributed by atoms with Gasteiger partial charge in [-0.15, -0.1) is 0 Å². The SMILES string of the molecule is Cc1ccc(-c2cc(C(=O)NC(CN)C3CC3)[nH]n2)cc1. The molecule has 1 fully saturated rings. The number of amides is 1. The van der Waals surface area contributed by atoms with E-state index < -0.39 is 0 Å². The van der Waals surface area contributed by atoms with Gasteiger partial charge in [0.2, 0.25) is 0 Å². The standard InChI is InChI=1S/C16H20N4O/c1-10-2-4-11(5-3-10)13-8-14(20-19-13)16(21)18-15(9-17)12-6-7-12/h2-5,8,12,15H,6-7,9,17H2,1H3,(H,18,21)(H,19,20). The molecule has 1 aliphatic carbocycles. The van der Waals surface area contributed by atoms with Gasteiger partial charge in [0.25, 0.3) is 5.91 Å². The average Bonchev–Trinajstić information content (AvgIpc) is 3.21. The van der Waals surface area contributed by atoms with Crippen LogP contribution in [0.15, 0.2) is 30.3 Å². The monoisotopic (exact) mass is 284 g/mol. The van der Waals surface area contributed by atoms with E-state index in [0.29, 0.717) is 18.2 Å². The predicted molar refractivity (Wildman–Crippen MR) is 81.8 cm³/mol. The molecule has 5 heteroatoms. The third-order valence-electron chi connectivity index (χ3n) is 3.93. The number of benzene rings is 1. The molecule has 110 valence electrons. The van der Waals surface area contributed by atoms with Crippen molar-refractivity contribution in [3.05, 3.63) is 41.6 Å². The summed E-state index contributed by atoms with van der Waals surface area (Å²) in [5, 5.41) is 10.0. The molecule has 0 bridgehead atoms. The summed E-state index contributed by atoms with van der Waals surface area (Å²) < 4.78 is 0. The average molecular weight is 284 g/mol. The summed E-state index contributed by atoms with van der Waals surface area (Å²) in [5.41, 5.74) is 9.15. The van der Waals surface area contributed by atoms with Gasteiger partial charge >= 0.3 is 0 Å². The lowest BCUT2D eigenvalue weighted by atomic mass is 10.1. The number of nitrogens with two attached hydrogens (primary N) is 1. The minimum Gasteiger partial charge on any atom is -0.346 e. The number of aromatic nitrogens is 2. The summed E-state index contributed by atoms with van der Waals surface area (Å²) in [7, 11) is 0. The predicted octanol–water partition coefficient (Wildman–Crippen LogP) is 1.85. The Hall–Kier alpha value is -2.14.